The summed E-state index contributed by atoms with van der Waals surface area (Å²) in [6, 6.07) is 6.28. The summed E-state index contributed by atoms with van der Waals surface area (Å²) in [6.45, 7) is 2.94. The molecule has 1 aromatic carbocycles. The smallest absolute Gasteiger partial charge is 0.399 e. The summed E-state index contributed by atoms with van der Waals surface area (Å²) in [5.41, 5.74) is -4.11. The van der Waals surface area contributed by atoms with Gasteiger partial charge in [0.25, 0.3) is 0 Å². The normalized spacial score (nSPS) is 24.0. The van der Waals surface area contributed by atoms with E-state index in [1.54, 1.807) is 18.2 Å². The molecule has 0 bridgehead atoms. The van der Waals surface area contributed by atoms with Crippen LogP contribution in [0.5, 0.6) is 0 Å². The quantitative estimate of drug-likeness (QED) is 0.743. The van der Waals surface area contributed by atoms with Crippen LogP contribution in [0.3, 0.4) is 0 Å². The van der Waals surface area contributed by atoms with Gasteiger partial charge in [-0.2, -0.15) is 13.2 Å². The van der Waals surface area contributed by atoms with Gasteiger partial charge < -0.3 is 4.18 Å². The Kier molecular flexibility index (Phi) is 4.37. The first-order valence-electron chi connectivity index (χ1n) is 6.72. The van der Waals surface area contributed by atoms with Crippen LogP contribution in [0.1, 0.15) is 38.7 Å². The molecule has 2 rings (SSSR count). The van der Waals surface area contributed by atoms with E-state index in [2.05, 4.69) is 0 Å². The zero-order chi connectivity index (χ0) is 15.7. The number of fused-ring (bicyclic) bond motifs is 1. The van der Waals surface area contributed by atoms with Crippen molar-refractivity contribution < 1.29 is 22.1 Å². The third-order valence-corrected chi connectivity index (χ3v) is 6.45. The Hall–Kier alpha value is -1.43. The lowest BCUT2D eigenvalue weighted by molar-refractivity contribution is -0.132. The summed E-state index contributed by atoms with van der Waals surface area (Å²) >= 11 is 0. The second-order valence-corrected chi connectivity index (χ2v) is 7.54. The Morgan fingerprint density at radius 3 is 2.52 bits per heavy atom. The van der Waals surface area contributed by atoms with Gasteiger partial charge in [0.2, 0.25) is 0 Å². The predicted octanol–water partition coefficient (Wildman–Crippen LogP) is 5.39. The van der Waals surface area contributed by atoms with Crippen LogP contribution < -0.4 is 0 Å². The third-order valence-electron chi connectivity index (χ3n) is 3.26. The van der Waals surface area contributed by atoms with Crippen LogP contribution >= 0.6 is 10.3 Å². The molecular weight excluding hydrogens is 301 g/mol. The van der Waals surface area contributed by atoms with Crippen molar-refractivity contribution in [1.29, 1.82) is 0 Å². The predicted molar refractivity (Wildman–Crippen MR) is 77.6 cm³/mol. The highest BCUT2D eigenvalue weighted by Gasteiger charge is 2.59. The lowest BCUT2D eigenvalue weighted by atomic mass is 10.2. The van der Waals surface area contributed by atoms with Crippen molar-refractivity contribution >= 4 is 22.4 Å². The Bertz CT molecular complexity index is 581. The second-order valence-electron chi connectivity index (χ2n) is 4.83. The van der Waals surface area contributed by atoms with Gasteiger partial charge in [-0.05, 0) is 30.5 Å². The summed E-state index contributed by atoms with van der Waals surface area (Å²) in [4.78, 5) is 11.6. The van der Waals surface area contributed by atoms with Gasteiger partial charge in [0.15, 0.2) is 0 Å². The van der Waals surface area contributed by atoms with E-state index in [1.807, 2.05) is 6.92 Å². The first-order chi connectivity index (χ1) is 9.83. The van der Waals surface area contributed by atoms with Crippen molar-refractivity contribution in [3.05, 3.63) is 34.7 Å². The molecule has 0 saturated carbocycles. The van der Waals surface area contributed by atoms with E-state index in [0.717, 1.165) is 13.3 Å². The summed E-state index contributed by atoms with van der Waals surface area (Å²) in [6.07, 6.45) is 3.23. The molecule has 0 N–H and O–H groups in total. The Labute approximate surface area is 123 Å². The number of allylic oxidation sites excluding steroid dienone is 1. The Balaban J connectivity index is 2.61. The Morgan fingerprint density at radius 1 is 1.29 bits per heavy atom. The zero-order valence-electron chi connectivity index (χ0n) is 11.9. The van der Waals surface area contributed by atoms with Crippen molar-refractivity contribution in [2.24, 2.45) is 0 Å². The van der Waals surface area contributed by atoms with Crippen LogP contribution in [-0.2, 0) is 8.98 Å². The van der Waals surface area contributed by atoms with E-state index in [1.165, 1.54) is 12.1 Å². The maximum Gasteiger partial charge on any atom is 0.464 e. The fourth-order valence-corrected chi connectivity index (χ4v) is 5.35. The van der Waals surface area contributed by atoms with Gasteiger partial charge in [-0.1, -0.05) is 31.5 Å². The van der Waals surface area contributed by atoms with Crippen LogP contribution in [0.4, 0.5) is 13.2 Å². The number of benzene rings is 1. The van der Waals surface area contributed by atoms with Crippen molar-refractivity contribution in [3.8, 4) is 0 Å². The number of halogens is 3. The topological polar surface area (TPSA) is 26.3 Å². The highest BCUT2D eigenvalue weighted by Crippen LogP contribution is 2.77. The lowest BCUT2D eigenvalue weighted by Crippen LogP contribution is -2.25. The number of unbranched alkanes of at least 4 members (excludes halogenated alkanes) is 1. The summed E-state index contributed by atoms with van der Waals surface area (Å²) < 4.78 is 46.5. The van der Waals surface area contributed by atoms with Crippen LogP contribution in [0.25, 0.3) is 6.08 Å². The minimum Gasteiger partial charge on any atom is -0.399 e. The van der Waals surface area contributed by atoms with E-state index in [4.69, 9.17) is 4.18 Å². The Morgan fingerprint density at radius 2 is 1.95 bits per heavy atom. The molecule has 0 amide bonds. The molecule has 1 aromatic rings. The lowest BCUT2D eigenvalue weighted by Gasteiger charge is -2.39. The third kappa shape index (κ3) is 2.69. The largest absolute Gasteiger partial charge is 0.464 e. The van der Waals surface area contributed by atoms with Gasteiger partial charge >= 0.3 is 11.5 Å². The molecule has 0 radical (unpaired) electrons. The fourth-order valence-electron chi connectivity index (χ4n) is 2.42. The van der Waals surface area contributed by atoms with Crippen LogP contribution in [0, 0.1) is 0 Å². The van der Waals surface area contributed by atoms with Crippen molar-refractivity contribution in [2.75, 3.05) is 0 Å². The molecule has 2 nitrogen and oxygen atoms in total. The molecule has 0 aliphatic carbocycles. The number of carbonyl (C=O) groups excluding carboxylic acids is 1. The number of carbonyl (C=O) groups is 1. The van der Waals surface area contributed by atoms with Gasteiger partial charge in [0, 0.05) is 16.7 Å². The molecule has 1 heterocycles. The summed E-state index contributed by atoms with van der Waals surface area (Å²) in [5, 5.41) is 0. The molecule has 1 aliphatic rings. The number of rotatable bonds is 4. The zero-order valence-corrected chi connectivity index (χ0v) is 12.7. The van der Waals surface area contributed by atoms with Gasteiger partial charge in [0.1, 0.15) is 0 Å². The molecule has 116 valence electrons. The van der Waals surface area contributed by atoms with E-state index in [-0.39, 0.29) is 16.2 Å². The molecule has 6 heteroatoms. The maximum atomic E-state index is 13.9. The van der Waals surface area contributed by atoms with Gasteiger partial charge in [-0.15, -0.1) is 0 Å². The molecular formula is C15H17F3O2S. The van der Waals surface area contributed by atoms with Crippen molar-refractivity contribution in [1.82, 2.24) is 0 Å². The summed E-state index contributed by atoms with van der Waals surface area (Å²) in [5.74, 6) is -0.901. The van der Waals surface area contributed by atoms with Crippen molar-refractivity contribution in [3.63, 3.8) is 0 Å². The fraction of sp³-hybridized carbons (Fsp3) is 0.400. The highest BCUT2D eigenvalue weighted by molar-refractivity contribution is 8.34. The SMILES string of the molecule is CCCCC1=Cc2ccccc2S1(OC(C)=O)C(F)(F)F. The van der Waals surface area contributed by atoms with E-state index in [9.17, 15) is 18.0 Å². The minimum absolute atomic E-state index is 0.0822. The van der Waals surface area contributed by atoms with Gasteiger partial charge in [-0.3, -0.25) is 4.79 Å². The molecule has 0 spiro atoms. The minimum atomic E-state index is -4.61. The second kappa shape index (κ2) is 5.75. The van der Waals surface area contributed by atoms with E-state index < -0.39 is 21.8 Å². The van der Waals surface area contributed by atoms with E-state index >= 15 is 0 Å². The number of hydrogen-bond donors (Lipinski definition) is 0. The molecule has 21 heavy (non-hydrogen) atoms. The van der Waals surface area contributed by atoms with Crippen LogP contribution in [-0.4, -0.2) is 11.5 Å². The molecule has 1 atom stereocenters. The molecule has 0 aromatic heterocycles. The first kappa shape index (κ1) is 15.9. The summed E-state index contributed by atoms with van der Waals surface area (Å²) in [7, 11) is -3.74. The standard InChI is InChI=1S/C15H17F3O2S/c1-3-4-8-13-10-12-7-5-6-9-14(12)21(13,15(16,17)18)20-11(2)19/h5-7,9-10H,3-4,8H2,1-2H3. The van der Waals surface area contributed by atoms with Crippen LogP contribution in [0.2, 0.25) is 0 Å². The average molecular weight is 318 g/mol. The number of hydrogen-bond acceptors (Lipinski definition) is 2. The molecule has 1 unspecified atom stereocenters. The monoisotopic (exact) mass is 318 g/mol. The van der Waals surface area contributed by atoms with Crippen LogP contribution in [0.15, 0.2) is 34.1 Å². The maximum absolute atomic E-state index is 13.9. The van der Waals surface area contributed by atoms with Gasteiger partial charge in [-0.25, -0.2) is 0 Å². The molecule has 1 aliphatic heterocycles. The highest BCUT2D eigenvalue weighted by atomic mass is 32.3. The molecule has 0 saturated heterocycles. The number of alkyl halides is 3. The average Bonchev–Trinajstić information content (AvgIpc) is 2.70. The first-order valence-corrected chi connectivity index (χ1v) is 8.28. The molecule has 0 fully saturated rings. The van der Waals surface area contributed by atoms with E-state index in [0.29, 0.717) is 12.0 Å². The van der Waals surface area contributed by atoms with Gasteiger partial charge in [0.05, 0.1) is 10.3 Å². The van der Waals surface area contributed by atoms with Crippen molar-refractivity contribution in [2.45, 2.75) is 43.5 Å².